The number of H-pyrrole nitrogens is 1. The monoisotopic (exact) mass is 429 g/mol. The maximum Gasteiger partial charge on any atom is 0.271 e. The van der Waals surface area contributed by atoms with E-state index in [-0.39, 0.29) is 17.2 Å². The molecule has 5 rings (SSSR count). The van der Waals surface area contributed by atoms with E-state index in [2.05, 4.69) is 25.5 Å². The minimum atomic E-state index is -0.348. The zero-order valence-electron chi connectivity index (χ0n) is 17.9. The van der Waals surface area contributed by atoms with Gasteiger partial charge in [0.1, 0.15) is 11.5 Å². The van der Waals surface area contributed by atoms with Crippen molar-refractivity contribution in [3.63, 3.8) is 0 Å². The maximum absolute atomic E-state index is 12.8. The van der Waals surface area contributed by atoms with Crippen LogP contribution in [0.15, 0.2) is 59.5 Å². The lowest BCUT2D eigenvalue weighted by Crippen LogP contribution is -2.29. The minimum Gasteiger partial charge on any atom is -0.372 e. The quantitative estimate of drug-likeness (QED) is 0.545. The standard InChI is InChI=1S/C25H27N5O2/c31-24(17-7-11-20(12-8-17)30-13-2-1-3-14-30)29-22-15-18(16-26-25(22)32)21-5-4-6-23(28-21)27-19-9-10-19/h4-8,11-12,15-16,19H,1-3,9-10,13-14H2,(H,26,32)(H,27,28)(H,29,31). The van der Waals surface area contributed by atoms with Gasteiger partial charge in [0.2, 0.25) is 0 Å². The zero-order chi connectivity index (χ0) is 21.9. The Morgan fingerprint density at radius 3 is 2.56 bits per heavy atom. The maximum atomic E-state index is 12.8. The van der Waals surface area contributed by atoms with E-state index in [1.54, 1.807) is 12.3 Å². The van der Waals surface area contributed by atoms with Gasteiger partial charge in [0.25, 0.3) is 11.5 Å². The van der Waals surface area contributed by atoms with E-state index in [0.717, 1.165) is 35.9 Å². The Hall–Kier alpha value is -3.61. The summed E-state index contributed by atoms with van der Waals surface area (Å²) in [7, 11) is 0. The van der Waals surface area contributed by atoms with Crippen LogP contribution in [0.3, 0.4) is 0 Å². The Morgan fingerprint density at radius 1 is 1.03 bits per heavy atom. The molecule has 0 spiro atoms. The van der Waals surface area contributed by atoms with E-state index in [9.17, 15) is 9.59 Å². The van der Waals surface area contributed by atoms with Crippen LogP contribution < -0.4 is 21.1 Å². The van der Waals surface area contributed by atoms with Gasteiger partial charge < -0.3 is 20.5 Å². The topological polar surface area (TPSA) is 90.1 Å². The van der Waals surface area contributed by atoms with Crippen LogP contribution in [0.4, 0.5) is 17.2 Å². The number of hydrogen-bond acceptors (Lipinski definition) is 5. The molecule has 3 N–H and O–H groups in total. The number of piperidine rings is 1. The first kappa shape index (κ1) is 20.3. The highest BCUT2D eigenvalue weighted by Crippen LogP contribution is 2.26. The number of pyridine rings is 2. The Morgan fingerprint density at radius 2 is 1.81 bits per heavy atom. The first-order chi connectivity index (χ1) is 15.7. The predicted octanol–water partition coefficient (Wildman–Crippen LogP) is 4.25. The summed E-state index contributed by atoms with van der Waals surface area (Å²) in [4.78, 5) is 34.8. The summed E-state index contributed by atoms with van der Waals surface area (Å²) in [6, 6.07) is 15.5. The number of hydrogen-bond donors (Lipinski definition) is 3. The number of carbonyl (C=O) groups is 1. The molecule has 7 nitrogen and oxygen atoms in total. The van der Waals surface area contributed by atoms with Gasteiger partial charge in [0, 0.05) is 42.1 Å². The number of amides is 1. The second-order valence-electron chi connectivity index (χ2n) is 8.51. The lowest BCUT2D eigenvalue weighted by atomic mass is 10.1. The van der Waals surface area contributed by atoms with E-state index in [1.165, 1.54) is 32.1 Å². The summed E-state index contributed by atoms with van der Waals surface area (Å²) in [6.45, 7) is 2.11. The van der Waals surface area contributed by atoms with Gasteiger partial charge in [-0.2, -0.15) is 0 Å². The summed E-state index contributed by atoms with van der Waals surface area (Å²) in [5.74, 6) is 0.505. The Bertz CT molecular complexity index is 1160. The minimum absolute atomic E-state index is 0.204. The average molecular weight is 430 g/mol. The summed E-state index contributed by atoms with van der Waals surface area (Å²) in [5, 5.41) is 6.13. The molecular weight excluding hydrogens is 402 g/mol. The summed E-state index contributed by atoms with van der Waals surface area (Å²) in [6.07, 6.45) is 7.64. The van der Waals surface area contributed by atoms with Gasteiger partial charge in [0.05, 0.1) is 5.69 Å². The highest BCUT2D eigenvalue weighted by Gasteiger charge is 2.21. The lowest BCUT2D eigenvalue weighted by molar-refractivity contribution is 0.102. The molecule has 164 valence electrons. The SMILES string of the molecule is O=C(Nc1cc(-c2cccc(NC3CC3)n2)c[nH]c1=O)c1ccc(N2CCCCC2)cc1. The molecule has 1 aromatic carbocycles. The molecule has 0 unspecified atom stereocenters. The van der Waals surface area contributed by atoms with E-state index in [4.69, 9.17) is 0 Å². The normalized spacial score (nSPS) is 15.9. The molecule has 3 heterocycles. The van der Waals surface area contributed by atoms with Gasteiger partial charge >= 0.3 is 0 Å². The Kier molecular flexibility index (Phi) is 5.62. The summed E-state index contributed by atoms with van der Waals surface area (Å²) >= 11 is 0. The molecular formula is C25H27N5O2. The highest BCUT2D eigenvalue weighted by molar-refractivity contribution is 6.04. The van der Waals surface area contributed by atoms with Gasteiger partial charge in [-0.15, -0.1) is 0 Å². The average Bonchev–Trinajstić information content (AvgIpc) is 3.65. The van der Waals surface area contributed by atoms with E-state index in [0.29, 0.717) is 11.6 Å². The molecule has 1 aliphatic carbocycles. The molecule has 1 aliphatic heterocycles. The van der Waals surface area contributed by atoms with Crippen molar-refractivity contribution in [1.82, 2.24) is 9.97 Å². The summed E-state index contributed by atoms with van der Waals surface area (Å²) < 4.78 is 0. The predicted molar refractivity (Wildman–Crippen MR) is 127 cm³/mol. The number of aromatic nitrogens is 2. The van der Waals surface area contributed by atoms with Crippen LogP contribution in [0.5, 0.6) is 0 Å². The molecule has 32 heavy (non-hydrogen) atoms. The first-order valence-corrected chi connectivity index (χ1v) is 11.3. The molecule has 2 fully saturated rings. The third-order valence-electron chi connectivity index (χ3n) is 5.98. The molecule has 2 aliphatic rings. The van der Waals surface area contributed by atoms with Crippen molar-refractivity contribution in [2.75, 3.05) is 28.6 Å². The van der Waals surface area contributed by atoms with Crippen molar-refractivity contribution in [1.29, 1.82) is 0 Å². The second-order valence-corrected chi connectivity index (χ2v) is 8.51. The van der Waals surface area contributed by atoms with Crippen LogP contribution >= 0.6 is 0 Å². The largest absolute Gasteiger partial charge is 0.372 e. The second kappa shape index (κ2) is 8.86. The van der Waals surface area contributed by atoms with Gasteiger partial charge in [-0.05, 0) is 74.6 Å². The molecule has 1 saturated carbocycles. The van der Waals surface area contributed by atoms with Crippen molar-refractivity contribution < 1.29 is 4.79 Å². The van der Waals surface area contributed by atoms with Crippen LogP contribution in [-0.2, 0) is 0 Å². The van der Waals surface area contributed by atoms with Gasteiger partial charge in [-0.25, -0.2) is 4.98 Å². The van der Waals surface area contributed by atoms with Crippen molar-refractivity contribution in [3.05, 3.63) is 70.6 Å². The van der Waals surface area contributed by atoms with Crippen LogP contribution in [0.1, 0.15) is 42.5 Å². The smallest absolute Gasteiger partial charge is 0.271 e. The van der Waals surface area contributed by atoms with Crippen LogP contribution in [0.2, 0.25) is 0 Å². The Labute approximate surface area is 186 Å². The molecule has 3 aromatic rings. The van der Waals surface area contributed by atoms with Gasteiger partial charge in [-0.3, -0.25) is 9.59 Å². The van der Waals surface area contributed by atoms with Crippen LogP contribution in [0, 0.1) is 0 Å². The van der Waals surface area contributed by atoms with Crippen molar-refractivity contribution in [3.8, 4) is 11.3 Å². The number of rotatable bonds is 6. The van der Waals surface area contributed by atoms with E-state index >= 15 is 0 Å². The first-order valence-electron chi connectivity index (χ1n) is 11.3. The van der Waals surface area contributed by atoms with Crippen LogP contribution in [-0.4, -0.2) is 35.0 Å². The van der Waals surface area contributed by atoms with E-state index in [1.807, 2.05) is 42.5 Å². The van der Waals surface area contributed by atoms with E-state index < -0.39 is 0 Å². The number of benzene rings is 1. The molecule has 7 heteroatoms. The van der Waals surface area contributed by atoms with Gasteiger partial charge in [-0.1, -0.05) is 6.07 Å². The Balaban J connectivity index is 1.31. The molecule has 2 aromatic heterocycles. The fourth-order valence-electron chi connectivity index (χ4n) is 4.01. The van der Waals surface area contributed by atoms with Crippen LogP contribution in [0.25, 0.3) is 11.3 Å². The highest BCUT2D eigenvalue weighted by atomic mass is 16.2. The van der Waals surface area contributed by atoms with Gasteiger partial charge in [0.15, 0.2) is 0 Å². The molecule has 0 bridgehead atoms. The number of nitrogens with zero attached hydrogens (tertiary/aromatic N) is 2. The molecule has 1 saturated heterocycles. The lowest BCUT2D eigenvalue weighted by Gasteiger charge is -2.28. The molecule has 0 radical (unpaired) electrons. The van der Waals surface area contributed by atoms with Crippen molar-refractivity contribution in [2.24, 2.45) is 0 Å². The summed E-state index contributed by atoms with van der Waals surface area (Å²) in [5.41, 5.74) is 2.97. The van der Waals surface area contributed by atoms with Crippen molar-refractivity contribution >= 4 is 23.1 Å². The zero-order valence-corrected chi connectivity index (χ0v) is 17.9. The number of anilines is 3. The fraction of sp³-hybridized carbons (Fsp3) is 0.320. The number of aromatic amines is 1. The number of nitrogens with one attached hydrogen (secondary N) is 3. The molecule has 0 atom stereocenters. The van der Waals surface area contributed by atoms with Crippen molar-refractivity contribution in [2.45, 2.75) is 38.1 Å². The molecule has 1 amide bonds. The third-order valence-corrected chi connectivity index (χ3v) is 5.98. The number of carbonyl (C=O) groups excluding carboxylic acids is 1. The third kappa shape index (κ3) is 4.66. The fourth-order valence-corrected chi connectivity index (χ4v) is 4.01.